The molecule has 30 heavy (non-hydrogen) atoms. The minimum atomic E-state index is -1.91. The topological polar surface area (TPSA) is 78.9 Å². The molecule has 2 saturated heterocycles. The Bertz CT molecular complexity index is 865. The molecule has 0 amide bonds. The van der Waals surface area contributed by atoms with E-state index in [-0.39, 0.29) is 13.0 Å². The van der Waals surface area contributed by atoms with Crippen molar-refractivity contribution in [1.29, 1.82) is 0 Å². The molecular formula is C24H30O6. The van der Waals surface area contributed by atoms with Crippen molar-refractivity contribution in [3.63, 3.8) is 0 Å². The van der Waals surface area contributed by atoms with Crippen LogP contribution in [0.1, 0.15) is 53.0 Å². The van der Waals surface area contributed by atoms with Crippen LogP contribution in [0, 0.1) is 5.92 Å². The summed E-state index contributed by atoms with van der Waals surface area (Å²) >= 11 is 0. The van der Waals surface area contributed by atoms with Crippen molar-refractivity contribution in [2.45, 2.75) is 70.7 Å². The molecule has 0 saturated carbocycles. The Morgan fingerprint density at radius 2 is 1.90 bits per heavy atom. The van der Waals surface area contributed by atoms with Crippen molar-refractivity contribution in [2.75, 3.05) is 6.61 Å². The van der Waals surface area contributed by atoms with Crippen molar-refractivity contribution in [3.8, 4) is 0 Å². The first-order chi connectivity index (χ1) is 14.0. The van der Waals surface area contributed by atoms with E-state index in [1.165, 1.54) is 0 Å². The highest BCUT2D eigenvalue weighted by atomic mass is 16.6. The molecule has 3 rings (SSSR count). The maximum Gasteiger partial charge on any atom is 0.351 e. The van der Waals surface area contributed by atoms with Gasteiger partial charge in [-0.15, -0.1) is 0 Å². The number of esters is 2. The third-order valence-electron chi connectivity index (χ3n) is 5.40. The van der Waals surface area contributed by atoms with Gasteiger partial charge in [-0.2, -0.15) is 0 Å². The number of Topliss-reactive ketones (excluding diaryl/α,β-unsaturated/α-hetero) is 1. The molecule has 6 heteroatoms. The SMILES string of the molecule is CCOC(=O)[C@H]1C[C@@]2(C)C/C(=C\Cc3ccccc3)[C@](C(=O)OC(C)(C)C)(O2)C1=O. The fourth-order valence-corrected chi connectivity index (χ4v) is 4.22. The lowest BCUT2D eigenvalue weighted by Gasteiger charge is -2.39. The first kappa shape index (κ1) is 22.2. The van der Waals surface area contributed by atoms with Gasteiger partial charge < -0.3 is 14.2 Å². The Hall–Kier alpha value is -2.47. The number of allylic oxidation sites excluding steroid dienone is 1. The molecule has 2 fully saturated rings. The zero-order valence-corrected chi connectivity index (χ0v) is 18.3. The lowest BCUT2D eigenvalue weighted by Crippen LogP contribution is -2.59. The van der Waals surface area contributed by atoms with Crippen molar-refractivity contribution in [1.82, 2.24) is 0 Å². The van der Waals surface area contributed by atoms with E-state index in [1.807, 2.05) is 43.3 Å². The number of carbonyl (C=O) groups excluding carboxylic acids is 3. The Morgan fingerprint density at radius 3 is 2.50 bits per heavy atom. The van der Waals surface area contributed by atoms with Crippen LogP contribution in [0.4, 0.5) is 0 Å². The van der Waals surface area contributed by atoms with E-state index in [1.54, 1.807) is 27.7 Å². The van der Waals surface area contributed by atoms with Gasteiger partial charge in [-0.3, -0.25) is 9.59 Å². The molecule has 2 aliphatic heterocycles. The van der Waals surface area contributed by atoms with Gasteiger partial charge in [0.05, 0.1) is 12.2 Å². The van der Waals surface area contributed by atoms with Crippen LogP contribution in [0.3, 0.4) is 0 Å². The number of hydrogen-bond acceptors (Lipinski definition) is 6. The smallest absolute Gasteiger partial charge is 0.351 e. The summed E-state index contributed by atoms with van der Waals surface area (Å²) in [7, 11) is 0. The third-order valence-corrected chi connectivity index (χ3v) is 5.40. The van der Waals surface area contributed by atoms with E-state index >= 15 is 0 Å². The molecule has 2 aliphatic rings. The maximum atomic E-state index is 13.5. The molecule has 3 atom stereocenters. The highest BCUT2D eigenvalue weighted by Gasteiger charge is 2.68. The number of ether oxygens (including phenoxy) is 3. The summed E-state index contributed by atoms with van der Waals surface area (Å²) in [5, 5.41) is 0. The summed E-state index contributed by atoms with van der Waals surface area (Å²) in [6, 6.07) is 9.75. The fourth-order valence-electron chi connectivity index (χ4n) is 4.22. The van der Waals surface area contributed by atoms with E-state index in [4.69, 9.17) is 14.2 Å². The van der Waals surface area contributed by atoms with E-state index in [0.29, 0.717) is 18.4 Å². The molecule has 0 unspecified atom stereocenters. The second-order valence-electron chi connectivity index (χ2n) is 9.20. The minimum Gasteiger partial charge on any atom is -0.465 e. The summed E-state index contributed by atoms with van der Waals surface area (Å²) in [6.45, 7) is 8.88. The van der Waals surface area contributed by atoms with Crippen molar-refractivity contribution in [2.24, 2.45) is 5.92 Å². The van der Waals surface area contributed by atoms with Crippen LogP contribution in [-0.4, -0.2) is 41.1 Å². The number of carbonyl (C=O) groups is 3. The van der Waals surface area contributed by atoms with E-state index < -0.39 is 40.4 Å². The molecule has 0 aliphatic carbocycles. The van der Waals surface area contributed by atoms with Gasteiger partial charge in [0, 0.05) is 6.42 Å². The summed E-state index contributed by atoms with van der Waals surface area (Å²) < 4.78 is 16.9. The van der Waals surface area contributed by atoms with Crippen LogP contribution in [0.25, 0.3) is 0 Å². The van der Waals surface area contributed by atoms with Gasteiger partial charge in [0.15, 0.2) is 5.78 Å². The number of fused-ring (bicyclic) bond motifs is 2. The lowest BCUT2D eigenvalue weighted by molar-refractivity contribution is -0.201. The van der Waals surface area contributed by atoms with E-state index in [0.717, 1.165) is 5.56 Å². The van der Waals surface area contributed by atoms with Crippen LogP contribution in [-0.2, 0) is 35.0 Å². The molecule has 6 nitrogen and oxygen atoms in total. The normalized spacial score (nSPS) is 29.7. The molecule has 1 aromatic rings. The van der Waals surface area contributed by atoms with Crippen molar-refractivity contribution < 1.29 is 28.6 Å². The quantitative estimate of drug-likeness (QED) is 0.416. The predicted molar refractivity (Wildman–Crippen MR) is 111 cm³/mol. The highest BCUT2D eigenvalue weighted by molar-refractivity contribution is 6.18. The average molecular weight is 414 g/mol. The lowest BCUT2D eigenvalue weighted by atomic mass is 9.81. The fraction of sp³-hybridized carbons (Fsp3) is 0.542. The summed E-state index contributed by atoms with van der Waals surface area (Å²) in [4.78, 5) is 39.4. The first-order valence-corrected chi connectivity index (χ1v) is 10.4. The van der Waals surface area contributed by atoms with Crippen LogP contribution in [0.2, 0.25) is 0 Å². The van der Waals surface area contributed by atoms with Gasteiger partial charge in [0.25, 0.3) is 0 Å². The second-order valence-corrected chi connectivity index (χ2v) is 9.20. The predicted octanol–water partition coefficient (Wildman–Crippen LogP) is 3.57. The Morgan fingerprint density at radius 1 is 1.23 bits per heavy atom. The van der Waals surface area contributed by atoms with Gasteiger partial charge in [-0.25, -0.2) is 4.79 Å². The average Bonchev–Trinajstić information content (AvgIpc) is 2.93. The van der Waals surface area contributed by atoms with E-state index in [2.05, 4.69) is 0 Å². The van der Waals surface area contributed by atoms with Crippen molar-refractivity contribution >= 4 is 17.7 Å². The molecule has 0 spiro atoms. The Balaban J connectivity index is 2.05. The van der Waals surface area contributed by atoms with Gasteiger partial charge >= 0.3 is 11.9 Å². The van der Waals surface area contributed by atoms with Crippen LogP contribution < -0.4 is 0 Å². The molecular weight excluding hydrogens is 384 g/mol. The van der Waals surface area contributed by atoms with Gasteiger partial charge in [-0.1, -0.05) is 36.4 Å². The summed E-state index contributed by atoms with van der Waals surface area (Å²) in [5.41, 5.74) is -1.95. The third kappa shape index (κ3) is 4.19. The zero-order chi connectivity index (χ0) is 22.2. The summed E-state index contributed by atoms with van der Waals surface area (Å²) in [5.74, 6) is -3.03. The largest absolute Gasteiger partial charge is 0.465 e. The van der Waals surface area contributed by atoms with Crippen LogP contribution in [0.5, 0.6) is 0 Å². The number of benzene rings is 1. The van der Waals surface area contributed by atoms with Gasteiger partial charge in [0.1, 0.15) is 11.5 Å². The monoisotopic (exact) mass is 414 g/mol. The van der Waals surface area contributed by atoms with Crippen molar-refractivity contribution in [3.05, 3.63) is 47.5 Å². The number of hydrogen-bond donors (Lipinski definition) is 0. The maximum absolute atomic E-state index is 13.5. The molecule has 0 radical (unpaired) electrons. The second kappa shape index (κ2) is 7.99. The molecule has 0 N–H and O–H groups in total. The van der Waals surface area contributed by atoms with Gasteiger partial charge in [-0.05, 0) is 58.6 Å². The number of rotatable bonds is 5. The molecule has 2 heterocycles. The zero-order valence-electron chi connectivity index (χ0n) is 18.3. The molecule has 2 bridgehead atoms. The highest BCUT2D eigenvalue weighted by Crippen LogP contribution is 2.52. The standard InChI is InChI=1S/C24H30O6/c1-6-28-20(26)18-15-23(5)14-17(13-12-16-10-8-7-9-11-16)24(30-23,19(18)25)21(27)29-22(2,3)4/h7-11,13,18H,6,12,14-15H2,1-5H3/b17-13+/t18-,23+,24-/m0/s1. The molecule has 1 aromatic carbocycles. The Labute approximate surface area is 177 Å². The summed E-state index contributed by atoms with van der Waals surface area (Å²) in [6.07, 6.45) is 2.96. The van der Waals surface area contributed by atoms with Crippen LogP contribution in [0.15, 0.2) is 42.0 Å². The van der Waals surface area contributed by atoms with E-state index in [9.17, 15) is 14.4 Å². The Kier molecular flexibility index (Phi) is 5.92. The van der Waals surface area contributed by atoms with Gasteiger partial charge in [0.2, 0.25) is 5.60 Å². The minimum absolute atomic E-state index is 0.163. The number of ketones is 1. The molecule has 162 valence electrons. The molecule has 0 aromatic heterocycles. The van der Waals surface area contributed by atoms with Crippen LogP contribution >= 0.6 is 0 Å². The first-order valence-electron chi connectivity index (χ1n) is 10.4.